The zero-order valence-electron chi connectivity index (χ0n) is 12.5. The summed E-state index contributed by atoms with van der Waals surface area (Å²) in [7, 11) is 0. The maximum absolute atomic E-state index is 11.1. The molecule has 0 radical (unpaired) electrons. The van der Waals surface area contributed by atoms with E-state index >= 15 is 0 Å². The average Bonchev–Trinajstić information content (AvgIpc) is 2.93. The Morgan fingerprint density at radius 2 is 1.77 bits per heavy atom. The molecule has 0 amide bonds. The quantitative estimate of drug-likeness (QED) is 0.525. The Morgan fingerprint density at radius 3 is 2.36 bits per heavy atom. The van der Waals surface area contributed by atoms with Crippen molar-refractivity contribution in [1.29, 1.82) is 0 Å². The van der Waals surface area contributed by atoms with Crippen molar-refractivity contribution in [3.63, 3.8) is 0 Å². The second-order valence-corrected chi connectivity index (χ2v) is 6.21. The van der Waals surface area contributed by atoms with E-state index in [1.165, 1.54) is 17.7 Å². The minimum Gasteiger partial charge on any atom is -0.258 e. The van der Waals surface area contributed by atoms with Crippen LogP contribution in [0.5, 0.6) is 0 Å². The first-order valence-corrected chi connectivity index (χ1v) is 6.88. The highest BCUT2D eigenvalue weighted by atomic mass is 16.6. The number of nitrogens with zero attached hydrogens (tertiary/aromatic N) is 3. The van der Waals surface area contributed by atoms with E-state index in [-0.39, 0.29) is 11.1 Å². The Balaban J connectivity index is 2.17. The molecule has 2 aromatic carbocycles. The fraction of sp³-hybridized carbons (Fsp3) is 0.250. The highest BCUT2D eigenvalue weighted by Crippen LogP contribution is 2.32. The van der Waals surface area contributed by atoms with Crippen LogP contribution in [0.3, 0.4) is 0 Å². The maximum atomic E-state index is 11.1. The average molecular weight is 297 g/mol. The van der Waals surface area contributed by atoms with Crippen LogP contribution in [0.25, 0.3) is 22.2 Å². The zero-order valence-corrected chi connectivity index (χ0v) is 12.5. The number of fused-ring (bicyclic) bond motifs is 1. The summed E-state index contributed by atoms with van der Waals surface area (Å²) in [5, 5.41) is 18.6. The molecule has 1 heterocycles. The minimum atomic E-state index is -0.443. The van der Waals surface area contributed by atoms with Crippen LogP contribution in [-0.2, 0) is 5.41 Å². The summed E-state index contributed by atoms with van der Waals surface area (Å²) in [5.74, 6) is 0. The normalized spacial score (nSPS) is 11.8. The van der Waals surface area contributed by atoms with Gasteiger partial charge in [0.2, 0.25) is 0 Å². The summed E-state index contributed by atoms with van der Waals surface area (Å²) in [6, 6.07) is 10.8. The number of nitro groups is 1. The van der Waals surface area contributed by atoms with Crippen molar-refractivity contribution < 1.29 is 9.55 Å². The number of hydrogen-bond donors (Lipinski definition) is 0. The van der Waals surface area contributed by atoms with Gasteiger partial charge in [-0.25, -0.2) is 4.63 Å². The molecule has 0 aliphatic rings. The van der Waals surface area contributed by atoms with E-state index in [0.29, 0.717) is 16.6 Å². The molecule has 6 nitrogen and oxygen atoms in total. The summed E-state index contributed by atoms with van der Waals surface area (Å²) in [6.07, 6.45) is 0. The Labute approximate surface area is 126 Å². The predicted molar refractivity (Wildman–Crippen MR) is 82.6 cm³/mol. The van der Waals surface area contributed by atoms with Crippen LogP contribution < -0.4 is 0 Å². The van der Waals surface area contributed by atoms with E-state index in [0.717, 1.165) is 5.56 Å². The summed E-state index contributed by atoms with van der Waals surface area (Å²) < 4.78 is 4.72. The van der Waals surface area contributed by atoms with Gasteiger partial charge in [-0.05, 0) is 26.9 Å². The maximum Gasteiger partial charge on any atom is 0.272 e. The van der Waals surface area contributed by atoms with Gasteiger partial charge in [-0.1, -0.05) is 45.0 Å². The van der Waals surface area contributed by atoms with Gasteiger partial charge in [0.25, 0.3) is 5.69 Å². The molecule has 6 heteroatoms. The second kappa shape index (κ2) is 4.91. The lowest BCUT2D eigenvalue weighted by atomic mass is 9.86. The number of aromatic nitrogens is 2. The molecular formula is C16H15N3O3. The third kappa shape index (κ3) is 2.43. The fourth-order valence-corrected chi connectivity index (χ4v) is 2.35. The fourth-order valence-electron chi connectivity index (χ4n) is 2.35. The third-order valence-electron chi connectivity index (χ3n) is 3.62. The van der Waals surface area contributed by atoms with E-state index in [1.54, 1.807) is 0 Å². The van der Waals surface area contributed by atoms with Gasteiger partial charge in [-0.3, -0.25) is 10.1 Å². The molecular weight excluding hydrogens is 282 g/mol. The molecule has 0 unspecified atom stereocenters. The Kier molecular flexibility index (Phi) is 3.16. The Bertz CT molecular complexity index is 845. The van der Waals surface area contributed by atoms with Crippen molar-refractivity contribution in [3.8, 4) is 11.1 Å². The first-order chi connectivity index (χ1) is 10.4. The zero-order chi connectivity index (χ0) is 15.9. The van der Waals surface area contributed by atoms with Crippen molar-refractivity contribution >= 4 is 16.7 Å². The standard InChI is InChI=1S/C16H15N3O3/c1-16(2,3)11-6-4-10(5-7-11)13-8-12(19(20)21)9-14-15(13)18-22-17-14/h4-9H,1-3H3. The lowest BCUT2D eigenvalue weighted by Gasteiger charge is -2.19. The summed E-state index contributed by atoms with van der Waals surface area (Å²) in [5.41, 5.74) is 3.60. The number of hydrogen-bond acceptors (Lipinski definition) is 5. The van der Waals surface area contributed by atoms with Crippen LogP contribution in [0, 0.1) is 10.1 Å². The van der Waals surface area contributed by atoms with Crippen LogP contribution in [0.1, 0.15) is 26.3 Å². The van der Waals surface area contributed by atoms with E-state index in [1.807, 2.05) is 24.3 Å². The molecule has 0 atom stereocenters. The van der Waals surface area contributed by atoms with Gasteiger partial charge in [-0.2, -0.15) is 0 Å². The summed E-state index contributed by atoms with van der Waals surface area (Å²) in [4.78, 5) is 10.6. The lowest BCUT2D eigenvalue weighted by molar-refractivity contribution is -0.384. The highest BCUT2D eigenvalue weighted by Gasteiger charge is 2.18. The minimum absolute atomic E-state index is 0.0295. The van der Waals surface area contributed by atoms with Gasteiger partial charge in [-0.15, -0.1) is 0 Å². The summed E-state index contributed by atoms with van der Waals surface area (Å²) >= 11 is 0. The van der Waals surface area contributed by atoms with Gasteiger partial charge >= 0.3 is 0 Å². The molecule has 3 rings (SSSR count). The first-order valence-electron chi connectivity index (χ1n) is 6.88. The summed E-state index contributed by atoms with van der Waals surface area (Å²) in [6.45, 7) is 6.40. The number of rotatable bonds is 2. The van der Waals surface area contributed by atoms with Crippen LogP contribution in [0.15, 0.2) is 41.0 Å². The number of nitro benzene ring substituents is 1. The molecule has 0 saturated heterocycles. The van der Waals surface area contributed by atoms with E-state index in [2.05, 4.69) is 31.1 Å². The van der Waals surface area contributed by atoms with Gasteiger partial charge in [0.05, 0.1) is 4.92 Å². The van der Waals surface area contributed by atoms with Crippen LogP contribution in [-0.4, -0.2) is 15.2 Å². The van der Waals surface area contributed by atoms with Gasteiger partial charge in [0.15, 0.2) is 0 Å². The highest BCUT2D eigenvalue weighted by molar-refractivity contribution is 5.93. The molecule has 0 aliphatic carbocycles. The van der Waals surface area contributed by atoms with Crippen LogP contribution in [0.2, 0.25) is 0 Å². The first kappa shape index (κ1) is 14.2. The largest absolute Gasteiger partial charge is 0.272 e. The van der Waals surface area contributed by atoms with Crippen LogP contribution >= 0.6 is 0 Å². The molecule has 0 bridgehead atoms. The van der Waals surface area contributed by atoms with Gasteiger partial charge in [0, 0.05) is 17.7 Å². The van der Waals surface area contributed by atoms with Crippen molar-refractivity contribution in [2.24, 2.45) is 0 Å². The molecule has 112 valence electrons. The molecule has 0 saturated carbocycles. The van der Waals surface area contributed by atoms with Crippen molar-refractivity contribution in [3.05, 3.63) is 52.1 Å². The molecule has 1 aromatic heterocycles. The predicted octanol–water partition coefficient (Wildman–Crippen LogP) is 4.10. The number of benzene rings is 2. The van der Waals surface area contributed by atoms with Crippen molar-refractivity contribution in [2.45, 2.75) is 26.2 Å². The van der Waals surface area contributed by atoms with Gasteiger partial charge in [0.1, 0.15) is 11.0 Å². The molecule has 0 fully saturated rings. The molecule has 22 heavy (non-hydrogen) atoms. The molecule has 0 spiro atoms. The lowest BCUT2D eigenvalue weighted by Crippen LogP contribution is -2.10. The topological polar surface area (TPSA) is 82.1 Å². The Hall–Kier alpha value is -2.76. The second-order valence-electron chi connectivity index (χ2n) is 6.21. The molecule has 0 aliphatic heterocycles. The molecule has 3 aromatic rings. The van der Waals surface area contributed by atoms with Crippen molar-refractivity contribution in [2.75, 3.05) is 0 Å². The number of non-ortho nitro benzene ring substituents is 1. The third-order valence-corrected chi connectivity index (χ3v) is 3.62. The smallest absolute Gasteiger partial charge is 0.258 e. The SMILES string of the molecule is CC(C)(C)c1ccc(-c2cc([N+](=O)[O-])cc3nonc23)cc1. The van der Waals surface area contributed by atoms with E-state index in [9.17, 15) is 10.1 Å². The van der Waals surface area contributed by atoms with E-state index in [4.69, 9.17) is 4.63 Å². The monoisotopic (exact) mass is 297 g/mol. The Morgan fingerprint density at radius 1 is 1.09 bits per heavy atom. The van der Waals surface area contributed by atoms with Gasteiger partial charge < -0.3 is 0 Å². The van der Waals surface area contributed by atoms with Crippen LogP contribution in [0.4, 0.5) is 5.69 Å². The van der Waals surface area contributed by atoms with Crippen molar-refractivity contribution in [1.82, 2.24) is 10.3 Å². The molecule has 0 N–H and O–H groups in total. The van der Waals surface area contributed by atoms with E-state index < -0.39 is 4.92 Å².